The summed E-state index contributed by atoms with van der Waals surface area (Å²) in [5.74, 6) is 1.66. The fourth-order valence-electron chi connectivity index (χ4n) is 3.53. The van der Waals surface area contributed by atoms with E-state index in [1.165, 1.54) is 0 Å². The van der Waals surface area contributed by atoms with Crippen molar-refractivity contribution in [2.75, 3.05) is 24.5 Å². The van der Waals surface area contributed by atoms with Gasteiger partial charge in [0.05, 0.1) is 23.5 Å². The molecule has 0 spiro atoms. The lowest BCUT2D eigenvalue weighted by atomic mass is 10.3. The number of pyridine rings is 1. The average Bonchev–Trinajstić information content (AvgIpc) is 3.43. The molecule has 1 saturated heterocycles. The Hall–Kier alpha value is -2.33. The number of halogens is 2. The molecule has 1 aromatic carbocycles. The van der Waals surface area contributed by atoms with Gasteiger partial charge < -0.3 is 15.5 Å². The van der Waals surface area contributed by atoms with Gasteiger partial charge in [0.1, 0.15) is 5.82 Å². The standard InChI is InChI=1S/C22H26ClN7.HI/c1-2-24-22(26-13-17-14-27-30(15-17)19-7-4-3-5-8-19)28-18-10-12-29(16-18)21-20(23)9-6-11-25-21;/h3-9,11,14-15,18H,2,10,12-13,16H2,1H3,(H2,24,26,28);1H. The predicted molar refractivity (Wildman–Crippen MR) is 137 cm³/mol. The van der Waals surface area contributed by atoms with Crippen LogP contribution in [-0.4, -0.2) is 46.4 Å². The van der Waals surface area contributed by atoms with Gasteiger partial charge in [-0.1, -0.05) is 29.8 Å². The van der Waals surface area contributed by atoms with Crippen LogP contribution in [0.3, 0.4) is 0 Å². The second-order valence-corrected chi connectivity index (χ2v) is 7.62. The van der Waals surface area contributed by atoms with Crippen molar-refractivity contribution in [2.45, 2.75) is 25.9 Å². The van der Waals surface area contributed by atoms with Crippen molar-refractivity contribution < 1.29 is 0 Å². The highest BCUT2D eigenvalue weighted by Gasteiger charge is 2.25. The lowest BCUT2D eigenvalue weighted by molar-refractivity contribution is 0.649. The van der Waals surface area contributed by atoms with Gasteiger partial charge in [-0.2, -0.15) is 5.10 Å². The van der Waals surface area contributed by atoms with Crippen LogP contribution in [0.5, 0.6) is 0 Å². The maximum atomic E-state index is 6.30. The minimum atomic E-state index is 0. The molecule has 3 aromatic rings. The van der Waals surface area contributed by atoms with E-state index < -0.39 is 0 Å². The van der Waals surface area contributed by atoms with E-state index in [-0.39, 0.29) is 30.0 Å². The molecule has 0 saturated carbocycles. The van der Waals surface area contributed by atoms with E-state index in [1.54, 1.807) is 6.20 Å². The van der Waals surface area contributed by atoms with Crippen LogP contribution < -0.4 is 15.5 Å². The number of rotatable bonds is 6. The molecular weight excluding hydrogens is 525 g/mol. The van der Waals surface area contributed by atoms with E-state index in [9.17, 15) is 0 Å². The van der Waals surface area contributed by atoms with E-state index in [1.807, 2.05) is 59.5 Å². The number of para-hydroxylation sites is 1. The summed E-state index contributed by atoms with van der Waals surface area (Å²) in [5.41, 5.74) is 2.10. The molecule has 0 amide bonds. The number of hydrogen-bond donors (Lipinski definition) is 2. The molecule has 1 unspecified atom stereocenters. The lowest BCUT2D eigenvalue weighted by Gasteiger charge is -2.20. The zero-order valence-corrected chi connectivity index (χ0v) is 20.5. The normalized spacial score (nSPS) is 16.1. The molecule has 3 heterocycles. The van der Waals surface area contributed by atoms with E-state index in [0.29, 0.717) is 11.6 Å². The third kappa shape index (κ3) is 6.10. The number of benzene rings is 1. The zero-order chi connectivity index (χ0) is 20.8. The van der Waals surface area contributed by atoms with Gasteiger partial charge >= 0.3 is 0 Å². The van der Waals surface area contributed by atoms with Crippen LogP contribution in [-0.2, 0) is 6.54 Å². The summed E-state index contributed by atoms with van der Waals surface area (Å²) in [6.07, 6.45) is 6.66. The topological polar surface area (TPSA) is 70.4 Å². The van der Waals surface area contributed by atoms with Crippen molar-refractivity contribution in [3.8, 4) is 5.69 Å². The van der Waals surface area contributed by atoms with Crippen molar-refractivity contribution in [1.29, 1.82) is 0 Å². The van der Waals surface area contributed by atoms with Crippen LogP contribution in [0.4, 0.5) is 5.82 Å². The Morgan fingerprint density at radius 2 is 2.06 bits per heavy atom. The minimum Gasteiger partial charge on any atom is -0.357 e. The molecule has 1 aliphatic heterocycles. The number of aliphatic imine (C=N–C) groups is 1. The molecule has 7 nitrogen and oxygen atoms in total. The molecule has 2 aromatic heterocycles. The molecule has 4 rings (SSSR count). The maximum absolute atomic E-state index is 6.30. The summed E-state index contributed by atoms with van der Waals surface area (Å²) in [5, 5.41) is 12.0. The first kappa shape index (κ1) is 23.3. The second kappa shape index (κ2) is 11.3. The van der Waals surface area contributed by atoms with E-state index in [4.69, 9.17) is 16.6 Å². The maximum Gasteiger partial charge on any atom is 0.191 e. The van der Waals surface area contributed by atoms with E-state index in [0.717, 1.165) is 49.1 Å². The largest absolute Gasteiger partial charge is 0.357 e. The van der Waals surface area contributed by atoms with Crippen LogP contribution in [0.25, 0.3) is 5.69 Å². The van der Waals surface area contributed by atoms with Crippen molar-refractivity contribution in [3.63, 3.8) is 0 Å². The summed E-state index contributed by atoms with van der Waals surface area (Å²) in [4.78, 5) is 11.4. The van der Waals surface area contributed by atoms with Gasteiger partial charge in [0.25, 0.3) is 0 Å². The monoisotopic (exact) mass is 551 g/mol. The summed E-state index contributed by atoms with van der Waals surface area (Å²) >= 11 is 6.30. The second-order valence-electron chi connectivity index (χ2n) is 7.21. The van der Waals surface area contributed by atoms with E-state index >= 15 is 0 Å². The fraction of sp³-hybridized carbons (Fsp3) is 0.318. The van der Waals surface area contributed by atoms with Gasteiger partial charge in [0.2, 0.25) is 0 Å². The molecule has 0 aliphatic carbocycles. The molecule has 31 heavy (non-hydrogen) atoms. The van der Waals surface area contributed by atoms with Crippen LogP contribution in [0.2, 0.25) is 5.02 Å². The summed E-state index contributed by atoms with van der Waals surface area (Å²) in [7, 11) is 0. The first-order valence-corrected chi connectivity index (χ1v) is 10.6. The van der Waals surface area contributed by atoms with Crippen molar-refractivity contribution in [2.24, 2.45) is 4.99 Å². The number of nitrogens with zero attached hydrogens (tertiary/aromatic N) is 5. The number of guanidine groups is 1. The molecule has 9 heteroatoms. The molecule has 2 N–H and O–H groups in total. The van der Waals surface area contributed by atoms with Crippen molar-refractivity contribution >= 4 is 47.4 Å². The highest BCUT2D eigenvalue weighted by Crippen LogP contribution is 2.25. The van der Waals surface area contributed by atoms with Crippen LogP contribution in [0.15, 0.2) is 66.0 Å². The minimum absolute atomic E-state index is 0. The van der Waals surface area contributed by atoms with Crippen molar-refractivity contribution in [3.05, 3.63) is 71.6 Å². The van der Waals surface area contributed by atoms with Gasteiger partial charge in [0.15, 0.2) is 5.96 Å². The zero-order valence-electron chi connectivity index (χ0n) is 17.4. The Morgan fingerprint density at radius 1 is 1.23 bits per heavy atom. The van der Waals surface area contributed by atoms with Crippen LogP contribution in [0.1, 0.15) is 18.9 Å². The number of nitrogens with one attached hydrogen (secondary N) is 2. The lowest BCUT2D eigenvalue weighted by Crippen LogP contribution is -2.44. The predicted octanol–water partition coefficient (Wildman–Crippen LogP) is 3.87. The number of aromatic nitrogens is 3. The summed E-state index contributed by atoms with van der Waals surface area (Å²) in [6, 6.07) is 14.1. The quantitative estimate of drug-likeness (QED) is 0.277. The smallest absolute Gasteiger partial charge is 0.191 e. The highest BCUT2D eigenvalue weighted by atomic mass is 127. The highest BCUT2D eigenvalue weighted by molar-refractivity contribution is 14.0. The molecule has 1 aliphatic rings. The molecule has 1 fully saturated rings. The summed E-state index contributed by atoms with van der Waals surface area (Å²) in [6.45, 7) is 5.19. The third-order valence-electron chi connectivity index (χ3n) is 4.99. The molecule has 0 bridgehead atoms. The number of hydrogen-bond acceptors (Lipinski definition) is 4. The molecule has 0 radical (unpaired) electrons. The van der Waals surface area contributed by atoms with Gasteiger partial charge in [-0.15, -0.1) is 24.0 Å². The van der Waals surface area contributed by atoms with Crippen molar-refractivity contribution in [1.82, 2.24) is 25.4 Å². The van der Waals surface area contributed by atoms with Gasteiger partial charge in [0, 0.05) is 43.6 Å². The van der Waals surface area contributed by atoms with Gasteiger partial charge in [-0.3, -0.25) is 0 Å². The van der Waals surface area contributed by atoms with E-state index in [2.05, 4.69) is 32.5 Å². The SMILES string of the molecule is CCNC(=NCc1cnn(-c2ccccc2)c1)NC1CCN(c2ncccc2Cl)C1.I. The average molecular weight is 552 g/mol. The van der Waals surface area contributed by atoms with Crippen LogP contribution >= 0.6 is 35.6 Å². The Kier molecular flexibility index (Phi) is 8.53. The first-order valence-electron chi connectivity index (χ1n) is 10.2. The van der Waals surface area contributed by atoms with Crippen LogP contribution in [0, 0.1) is 0 Å². The third-order valence-corrected chi connectivity index (χ3v) is 5.28. The first-order chi connectivity index (χ1) is 14.7. The molecular formula is C22H27ClIN7. The Labute approximate surface area is 204 Å². The Bertz CT molecular complexity index is 992. The Balaban J connectivity index is 0.00000272. The fourth-order valence-corrected chi connectivity index (χ4v) is 3.77. The molecule has 1 atom stereocenters. The summed E-state index contributed by atoms with van der Waals surface area (Å²) < 4.78 is 1.87. The molecule has 164 valence electrons. The van der Waals surface area contributed by atoms with Gasteiger partial charge in [-0.05, 0) is 37.6 Å². The van der Waals surface area contributed by atoms with Gasteiger partial charge in [-0.25, -0.2) is 14.7 Å². The number of anilines is 1. The Morgan fingerprint density at radius 3 is 2.84 bits per heavy atom.